The number of carboxylic acids is 1. The van der Waals surface area contributed by atoms with Gasteiger partial charge in [-0.1, -0.05) is 192 Å². The van der Waals surface area contributed by atoms with Gasteiger partial charge < -0.3 is 100 Å². The van der Waals surface area contributed by atoms with Crippen molar-refractivity contribution < 1.29 is 104 Å². The highest BCUT2D eigenvalue weighted by Crippen LogP contribution is 2.39. The number of carbonyl (C=O) groups excluding carboxylic acids is 2. The van der Waals surface area contributed by atoms with Crippen molar-refractivity contribution in [1.29, 1.82) is 0 Å². The Hall–Kier alpha value is -2.79. The predicted octanol–water partition coefficient (Wildman–Crippen LogP) is 5.28. The zero-order valence-corrected chi connectivity index (χ0v) is 53.3. The number of carbonyl (C=O) groups is 3. The monoisotopic (exact) mass is 1260 g/mol. The zero-order valence-electron chi connectivity index (χ0n) is 53.3. The highest BCUT2D eigenvalue weighted by Gasteiger charge is 2.60. The molecule has 23 heteroatoms. The summed E-state index contributed by atoms with van der Waals surface area (Å²) in [5.41, 5.74) is 0. The minimum absolute atomic E-state index is 0.191. The minimum atomic E-state index is -3.08. The highest BCUT2D eigenvalue weighted by molar-refractivity contribution is 5.77. The van der Waals surface area contributed by atoms with Crippen molar-refractivity contribution in [2.24, 2.45) is 0 Å². The second kappa shape index (κ2) is 46.3. The second-order valence-electron chi connectivity index (χ2n) is 24.7. The fourth-order valence-electron chi connectivity index (χ4n) is 11.7. The van der Waals surface area contributed by atoms with Gasteiger partial charge in [0.15, 0.2) is 12.6 Å². The van der Waals surface area contributed by atoms with E-state index in [1.54, 1.807) is 6.08 Å². The molecule has 0 bridgehead atoms. The number of unbranched alkanes of at least 4 members (excludes halogenated alkanes) is 28. The topological polar surface area (TPSA) is 373 Å². The van der Waals surface area contributed by atoms with Crippen LogP contribution >= 0.6 is 0 Å². The lowest BCUT2D eigenvalue weighted by Crippen LogP contribution is -2.70. The lowest BCUT2D eigenvalue weighted by atomic mass is 9.88. The molecule has 88 heavy (non-hydrogen) atoms. The minimum Gasteiger partial charge on any atom is -0.477 e. The van der Waals surface area contributed by atoms with Crippen LogP contribution in [0.5, 0.6) is 0 Å². The average Bonchev–Trinajstić information content (AvgIpc) is 0.809. The molecule has 0 aromatic rings. The molecule has 3 saturated heterocycles. The van der Waals surface area contributed by atoms with E-state index in [2.05, 4.69) is 36.6 Å². The summed E-state index contributed by atoms with van der Waals surface area (Å²) in [7, 11) is 0. The van der Waals surface area contributed by atoms with Crippen molar-refractivity contribution in [2.45, 2.75) is 342 Å². The molecule has 2 amide bonds. The lowest BCUT2D eigenvalue weighted by molar-refractivity contribution is -0.386. The number of allylic oxidation sites excluding steroid dienone is 3. The number of rotatable bonds is 50. The van der Waals surface area contributed by atoms with Gasteiger partial charge in [-0.2, -0.15) is 0 Å². The molecule has 3 heterocycles. The summed E-state index contributed by atoms with van der Waals surface area (Å²) in [6, 6.07) is -2.62. The number of amides is 2. The van der Waals surface area contributed by atoms with E-state index in [0.29, 0.717) is 12.8 Å². The quantitative estimate of drug-likeness (QED) is 0.0272. The third-order valence-corrected chi connectivity index (χ3v) is 17.1. The molecule has 0 saturated carbocycles. The molecule has 514 valence electrons. The Kier molecular flexibility index (Phi) is 41.8. The normalized spacial score (nSPS) is 29.1. The first-order valence-corrected chi connectivity index (χ1v) is 33.7. The first-order valence-electron chi connectivity index (χ1n) is 33.7. The van der Waals surface area contributed by atoms with Crippen LogP contribution in [0.15, 0.2) is 24.3 Å². The maximum Gasteiger partial charge on any atom is 0.364 e. The van der Waals surface area contributed by atoms with Gasteiger partial charge in [-0.05, 0) is 44.9 Å². The Morgan fingerprint density at radius 1 is 0.591 bits per heavy atom. The van der Waals surface area contributed by atoms with E-state index in [4.69, 9.17) is 28.4 Å². The van der Waals surface area contributed by atoms with Crippen molar-refractivity contribution in [2.75, 3.05) is 26.4 Å². The van der Waals surface area contributed by atoms with E-state index in [-0.39, 0.29) is 12.3 Å². The summed E-state index contributed by atoms with van der Waals surface area (Å²) < 4.78 is 34.8. The molecular formula is C65H118N2O21. The Balaban J connectivity index is 1.63. The standard InChI is InChI=1S/C65H118N2O21/c1-4-6-8-10-12-14-16-18-20-22-23-24-26-28-30-32-34-36-38-47(72)46(67-52(75)39-37-35-33-31-29-27-25-21-19-17-15-13-11-9-7-5-2)44-83-62-57(79)56(78)59(51(43-70)85-62)86-63-58(80)61(55(77)50(42-69)84-63)88-65(64(81)82)40-48(73)53(66-45(3)71)60(87-65)54(76)49(74)41-68/h21,25,36,38,46-51,53-63,68-70,72-74,76-80H,4-20,22-24,26-35,37,39-44H2,1-3H3,(H,66,71)(H,67,75)(H,81,82)/b25-21-,38-36+. The molecule has 3 aliphatic rings. The number of aliphatic hydroxyl groups excluding tert-OH is 11. The van der Waals surface area contributed by atoms with Gasteiger partial charge in [0.25, 0.3) is 5.79 Å². The summed E-state index contributed by atoms with van der Waals surface area (Å²) in [5.74, 6) is -6.15. The van der Waals surface area contributed by atoms with E-state index >= 15 is 0 Å². The number of carboxylic acid groups (broad SMARTS) is 1. The first-order chi connectivity index (χ1) is 42.4. The van der Waals surface area contributed by atoms with Gasteiger partial charge in [-0.3, -0.25) is 9.59 Å². The summed E-state index contributed by atoms with van der Waals surface area (Å²) in [5, 5.41) is 136. The smallest absolute Gasteiger partial charge is 0.364 e. The van der Waals surface area contributed by atoms with Crippen LogP contribution in [0.1, 0.15) is 233 Å². The number of ether oxygens (including phenoxy) is 6. The van der Waals surface area contributed by atoms with E-state index < -0.39 is 155 Å². The molecule has 0 aromatic heterocycles. The van der Waals surface area contributed by atoms with Crippen molar-refractivity contribution in [3.8, 4) is 0 Å². The van der Waals surface area contributed by atoms with E-state index in [1.165, 1.54) is 128 Å². The second-order valence-corrected chi connectivity index (χ2v) is 24.7. The van der Waals surface area contributed by atoms with Crippen LogP contribution in [0.25, 0.3) is 0 Å². The molecule has 18 atom stereocenters. The van der Waals surface area contributed by atoms with Gasteiger partial charge in [0.05, 0.1) is 50.7 Å². The molecule has 0 aromatic carbocycles. The highest BCUT2D eigenvalue weighted by atomic mass is 16.8. The van der Waals surface area contributed by atoms with Crippen LogP contribution in [-0.4, -0.2) is 215 Å². The molecule has 3 fully saturated rings. The Morgan fingerprint density at radius 2 is 1.07 bits per heavy atom. The van der Waals surface area contributed by atoms with Gasteiger partial charge in [-0.15, -0.1) is 0 Å². The summed E-state index contributed by atoms with van der Waals surface area (Å²) in [6.07, 6.45) is 15.1. The Bertz CT molecular complexity index is 1890. The molecule has 23 nitrogen and oxygen atoms in total. The van der Waals surface area contributed by atoms with Gasteiger partial charge in [0.2, 0.25) is 11.8 Å². The lowest BCUT2D eigenvalue weighted by Gasteiger charge is -2.50. The van der Waals surface area contributed by atoms with Crippen molar-refractivity contribution in [1.82, 2.24) is 10.6 Å². The third kappa shape index (κ3) is 29.0. The third-order valence-electron chi connectivity index (χ3n) is 17.1. The summed E-state index contributed by atoms with van der Waals surface area (Å²) in [6.45, 7) is 2.12. The Labute approximate surface area is 523 Å². The number of hydrogen-bond acceptors (Lipinski definition) is 20. The van der Waals surface area contributed by atoms with Crippen LogP contribution in [-0.2, 0) is 42.8 Å². The molecule has 0 radical (unpaired) electrons. The Morgan fingerprint density at radius 3 is 1.55 bits per heavy atom. The predicted molar refractivity (Wildman–Crippen MR) is 329 cm³/mol. The first kappa shape index (κ1) is 79.4. The largest absolute Gasteiger partial charge is 0.477 e. The van der Waals surface area contributed by atoms with Gasteiger partial charge in [0, 0.05) is 19.8 Å². The van der Waals surface area contributed by atoms with Gasteiger partial charge in [-0.25, -0.2) is 4.79 Å². The number of nitrogens with one attached hydrogen (secondary N) is 2. The van der Waals surface area contributed by atoms with Crippen LogP contribution in [0.2, 0.25) is 0 Å². The fraction of sp³-hybridized carbons (Fsp3) is 0.892. The van der Waals surface area contributed by atoms with Crippen LogP contribution in [0.4, 0.5) is 0 Å². The average molecular weight is 1260 g/mol. The van der Waals surface area contributed by atoms with Crippen LogP contribution < -0.4 is 10.6 Å². The van der Waals surface area contributed by atoms with Crippen LogP contribution in [0, 0.1) is 0 Å². The SMILES string of the molecule is CCCCCCCCC/C=C\CCCCCCCC(=O)NC(COC1OC(CO)C(OC2OC(CO)C(O)C(OC3(C(=O)O)CC(O)C(NC(C)=O)C(C(O)C(O)CO)O3)C2O)C(O)C1O)C(O)/C=C/CCCCCCCCCCCCCCCCCC. The molecule has 14 N–H and O–H groups in total. The van der Waals surface area contributed by atoms with E-state index in [0.717, 1.165) is 64.7 Å². The maximum absolute atomic E-state index is 13.4. The molecule has 3 rings (SSSR count). The number of hydrogen-bond donors (Lipinski definition) is 14. The van der Waals surface area contributed by atoms with Gasteiger partial charge >= 0.3 is 5.97 Å². The number of aliphatic hydroxyl groups is 11. The van der Waals surface area contributed by atoms with Crippen LogP contribution in [0.3, 0.4) is 0 Å². The summed E-state index contributed by atoms with van der Waals surface area (Å²) >= 11 is 0. The van der Waals surface area contributed by atoms with Crippen molar-refractivity contribution in [3.05, 3.63) is 24.3 Å². The van der Waals surface area contributed by atoms with E-state index in [1.807, 2.05) is 6.08 Å². The molecule has 0 aliphatic carbocycles. The van der Waals surface area contributed by atoms with Crippen molar-refractivity contribution >= 4 is 17.8 Å². The molecule has 3 aliphatic heterocycles. The molecule has 18 unspecified atom stereocenters. The molecular weight excluding hydrogens is 1140 g/mol. The fourth-order valence-corrected chi connectivity index (χ4v) is 11.7. The zero-order chi connectivity index (χ0) is 64.7. The van der Waals surface area contributed by atoms with E-state index in [9.17, 15) is 75.7 Å². The van der Waals surface area contributed by atoms with Crippen molar-refractivity contribution in [3.63, 3.8) is 0 Å². The maximum atomic E-state index is 13.4. The summed E-state index contributed by atoms with van der Waals surface area (Å²) in [4.78, 5) is 38.5. The van der Waals surface area contributed by atoms with Gasteiger partial charge in [0.1, 0.15) is 67.1 Å². The number of aliphatic carboxylic acids is 1. The molecule has 0 spiro atoms.